The molecular weight excluding hydrogens is 229 g/mol. The first kappa shape index (κ1) is 12.0. The van der Waals surface area contributed by atoms with Gasteiger partial charge in [-0.3, -0.25) is 0 Å². The molecule has 90 valence electrons. The number of hydrogen-bond acceptors (Lipinski definition) is 3. The van der Waals surface area contributed by atoms with Gasteiger partial charge in [0.1, 0.15) is 5.82 Å². The minimum absolute atomic E-state index is 0.257. The summed E-state index contributed by atoms with van der Waals surface area (Å²) in [6, 6.07) is 4.55. The highest BCUT2D eigenvalue weighted by Gasteiger charge is 2.16. The molecule has 0 saturated carbocycles. The van der Waals surface area contributed by atoms with E-state index in [9.17, 15) is 8.78 Å². The summed E-state index contributed by atoms with van der Waals surface area (Å²) in [4.78, 5) is 4.13. The molecule has 0 unspecified atom stereocenters. The molecule has 1 aromatic carbocycles. The maximum atomic E-state index is 12.4. The highest BCUT2D eigenvalue weighted by molar-refractivity contribution is 6.58. The van der Waals surface area contributed by atoms with Crippen LogP contribution in [-0.2, 0) is 6.54 Å². The summed E-state index contributed by atoms with van der Waals surface area (Å²) >= 11 is 0. The number of imidazole rings is 1. The standard InChI is InChI=1S/C10H11BF2N2O2/c1-6-14-8-3-2-7(11(16)17)4-9(8)15(6)5-10(12)13/h2-4,10,16-17H,5H2,1H3. The van der Waals surface area contributed by atoms with Crippen molar-refractivity contribution in [3.8, 4) is 0 Å². The SMILES string of the molecule is Cc1nc2ccc(B(O)O)cc2n1CC(F)F. The van der Waals surface area contributed by atoms with Crippen LogP contribution in [0.1, 0.15) is 5.82 Å². The Hall–Kier alpha value is -1.47. The van der Waals surface area contributed by atoms with Crippen molar-refractivity contribution >= 4 is 23.6 Å². The first-order chi connectivity index (χ1) is 7.99. The second-order valence-corrected chi connectivity index (χ2v) is 3.78. The molecule has 0 saturated heterocycles. The number of fused-ring (bicyclic) bond motifs is 1. The van der Waals surface area contributed by atoms with E-state index in [-0.39, 0.29) is 5.46 Å². The van der Waals surface area contributed by atoms with Crippen molar-refractivity contribution in [1.29, 1.82) is 0 Å². The van der Waals surface area contributed by atoms with Gasteiger partial charge >= 0.3 is 7.12 Å². The zero-order valence-corrected chi connectivity index (χ0v) is 9.14. The van der Waals surface area contributed by atoms with E-state index in [1.165, 1.54) is 16.7 Å². The predicted molar refractivity (Wildman–Crippen MR) is 60.3 cm³/mol. The van der Waals surface area contributed by atoms with Gasteiger partial charge in [0.25, 0.3) is 6.43 Å². The number of hydrogen-bond donors (Lipinski definition) is 2. The van der Waals surface area contributed by atoms with Gasteiger partial charge in [-0.2, -0.15) is 0 Å². The van der Waals surface area contributed by atoms with Crippen LogP contribution in [0.3, 0.4) is 0 Å². The van der Waals surface area contributed by atoms with Crippen LogP contribution in [0.25, 0.3) is 11.0 Å². The minimum atomic E-state index is -2.48. The lowest BCUT2D eigenvalue weighted by atomic mass is 9.80. The second kappa shape index (κ2) is 4.42. The van der Waals surface area contributed by atoms with E-state index < -0.39 is 20.1 Å². The van der Waals surface area contributed by atoms with E-state index in [1.54, 1.807) is 13.0 Å². The number of aryl methyl sites for hydroxylation is 1. The fourth-order valence-corrected chi connectivity index (χ4v) is 1.79. The molecule has 0 spiro atoms. The highest BCUT2D eigenvalue weighted by Crippen LogP contribution is 2.16. The van der Waals surface area contributed by atoms with Crippen LogP contribution in [0.2, 0.25) is 0 Å². The molecule has 0 aliphatic rings. The predicted octanol–water partition coefficient (Wildman–Crippen LogP) is 0.290. The Kier molecular flexibility index (Phi) is 3.12. The Morgan fingerprint density at radius 2 is 2.12 bits per heavy atom. The van der Waals surface area contributed by atoms with Crippen molar-refractivity contribution in [2.75, 3.05) is 0 Å². The van der Waals surface area contributed by atoms with Crippen LogP contribution in [0.4, 0.5) is 8.78 Å². The Morgan fingerprint density at radius 3 is 2.71 bits per heavy atom. The molecule has 0 amide bonds. The Bertz CT molecular complexity index is 542. The van der Waals surface area contributed by atoms with Gasteiger partial charge in [0.2, 0.25) is 0 Å². The van der Waals surface area contributed by atoms with Gasteiger partial charge in [0.15, 0.2) is 0 Å². The molecule has 1 heterocycles. The molecule has 2 rings (SSSR count). The van der Waals surface area contributed by atoms with Crippen LogP contribution < -0.4 is 5.46 Å². The van der Waals surface area contributed by atoms with Gasteiger partial charge in [-0.05, 0) is 24.5 Å². The summed E-state index contributed by atoms with van der Waals surface area (Å²) in [7, 11) is -1.62. The number of benzene rings is 1. The van der Waals surface area contributed by atoms with E-state index in [2.05, 4.69) is 4.98 Å². The largest absolute Gasteiger partial charge is 0.488 e. The Labute approximate surface area is 96.7 Å². The van der Waals surface area contributed by atoms with Crippen molar-refractivity contribution < 1.29 is 18.8 Å². The smallest absolute Gasteiger partial charge is 0.423 e. The third kappa shape index (κ3) is 2.30. The lowest BCUT2D eigenvalue weighted by molar-refractivity contribution is 0.127. The molecule has 17 heavy (non-hydrogen) atoms. The van der Waals surface area contributed by atoms with E-state index in [0.717, 1.165) is 0 Å². The van der Waals surface area contributed by atoms with Gasteiger partial charge in [-0.15, -0.1) is 0 Å². The fraction of sp³-hybridized carbons (Fsp3) is 0.300. The number of alkyl halides is 2. The maximum Gasteiger partial charge on any atom is 0.488 e. The Morgan fingerprint density at radius 1 is 1.41 bits per heavy atom. The van der Waals surface area contributed by atoms with Crippen molar-refractivity contribution in [2.24, 2.45) is 0 Å². The van der Waals surface area contributed by atoms with Gasteiger partial charge in [-0.1, -0.05) is 6.07 Å². The quantitative estimate of drug-likeness (QED) is 0.758. The second-order valence-electron chi connectivity index (χ2n) is 3.78. The van der Waals surface area contributed by atoms with E-state index in [4.69, 9.17) is 10.0 Å². The number of aromatic nitrogens is 2. The van der Waals surface area contributed by atoms with Crippen LogP contribution >= 0.6 is 0 Å². The van der Waals surface area contributed by atoms with Gasteiger partial charge < -0.3 is 14.6 Å². The van der Waals surface area contributed by atoms with Gasteiger partial charge in [0, 0.05) is 0 Å². The average molecular weight is 240 g/mol. The van der Waals surface area contributed by atoms with Crippen LogP contribution in [0.5, 0.6) is 0 Å². The molecule has 0 fully saturated rings. The highest BCUT2D eigenvalue weighted by atomic mass is 19.3. The third-order valence-corrected chi connectivity index (χ3v) is 2.58. The normalized spacial score (nSPS) is 11.4. The maximum absolute atomic E-state index is 12.4. The number of halogens is 2. The summed E-state index contributed by atoms with van der Waals surface area (Å²) in [6.45, 7) is 1.19. The molecule has 4 nitrogen and oxygen atoms in total. The lowest BCUT2D eigenvalue weighted by Gasteiger charge is -2.06. The van der Waals surface area contributed by atoms with E-state index >= 15 is 0 Å². The summed E-state index contributed by atoms with van der Waals surface area (Å²) < 4.78 is 26.2. The molecule has 2 N–H and O–H groups in total. The summed E-state index contributed by atoms with van der Waals surface area (Å²) in [6.07, 6.45) is -2.48. The average Bonchev–Trinajstić information content (AvgIpc) is 2.54. The minimum Gasteiger partial charge on any atom is -0.423 e. The van der Waals surface area contributed by atoms with Crippen molar-refractivity contribution in [3.05, 3.63) is 24.0 Å². The molecule has 0 bridgehead atoms. The summed E-state index contributed by atoms with van der Waals surface area (Å²) in [5, 5.41) is 18.1. The molecule has 0 atom stereocenters. The first-order valence-electron chi connectivity index (χ1n) is 5.10. The van der Waals surface area contributed by atoms with Gasteiger partial charge in [-0.25, -0.2) is 13.8 Å². The summed E-state index contributed by atoms with van der Waals surface area (Å²) in [5.74, 6) is 0.477. The molecule has 0 radical (unpaired) electrons. The van der Waals surface area contributed by atoms with E-state index in [0.29, 0.717) is 16.9 Å². The van der Waals surface area contributed by atoms with Crippen molar-refractivity contribution in [2.45, 2.75) is 19.9 Å². The molecule has 1 aromatic heterocycles. The molecular formula is C10H11BF2N2O2. The molecule has 0 aliphatic heterocycles. The van der Waals surface area contributed by atoms with Crippen LogP contribution in [-0.4, -0.2) is 33.1 Å². The molecule has 0 aliphatic carbocycles. The van der Waals surface area contributed by atoms with Crippen LogP contribution in [0, 0.1) is 6.92 Å². The van der Waals surface area contributed by atoms with Crippen molar-refractivity contribution in [3.63, 3.8) is 0 Å². The Balaban J connectivity index is 2.56. The molecule has 2 aromatic rings. The zero-order chi connectivity index (χ0) is 12.6. The first-order valence-corrected chi connectivity index (χ1v) is 5.10. The monoisotopic (exact) mass is 240 g/mol. The van der Waals surface area contributed by atoms with E-state index in [1.807, 2.05) is 0 Å². The zero-order valence-electron chi connectivity index (χ0n) is 9.14. The summed E-state index contributed by atoms with van der Waals surface area (Å²) in [5.41, 5.74) is 1.30. The third-order valence-electron chi connectivity index (χ3n) is 2.58. The topological polar surface area (TPSA) is 58.3 Å². The molecule has 7 heteroatoms. The van der Waals surface area contributed by atoms with Crippen LogP contribution in [0.15, 0.2) is 18.2 Å². The number of nitrogens with zero attached hydrogens (tertiary/aromatic N) is 2. The number of rotatable bonds is 3. The fourth-order valence-electron chi connectivity index (χ4n) is 1.79. The van der Waals surface area contributed by atoms with Gasteiger partial charge in [0.05, 0.1) is 17.6 Å². The lowest BCUT2D eigenvalue weighted by Crippen LogP contribution is -2.29. The van der Waals surface area contributed by atoms with Crippen molar-refractivity contribution in [1.82, 2.24) is 9.55 Å².